The van der Waals surface area contributed by atoms with E-state index in [-0.39, 0.29) is 42.8 Å². The van der Waals surface area contributed by atoms with E-state index >= 15 is 0 Å². The molecular formula is C20H25N3O5S3. The minimum atomic E-state index is -3.71. The first-order chi connectivity index (χ1) is 14.7. The second-order valence-electron chi connectivity index (χ2n) is 7.76. The predicted molar refractivity (Wildman–Crippen MR) is 118 cm³/mol. The summed E-state index contributed by atoms with van der Waals surface area (Å²) < 4.78 is 53.7. The Morgan fingerprint density at radius 3 is 2.42 bits per heavy atom. The molecule has 31 heavy (non-hydrogen) atoms. The van der Waals surface area contributed by atoms with Gasteiger partial charge in [0.15, 0.2) is 0 Å². The summed E-state index contributed by atoms with van der Waals surface area (Å²) >= 11 is 1.10. The highest BCUT2D eigenvalue weighted by Gasteiger charge is 2.32. The second kappa shape index (κ2) is 8.62. The monoisotopic (exact) mass is 483 g/mol. The predicted octanol–water partition coefficient (Wildman–Crippen LogP) is 1.39. The summed E-state index contributed by atoms with van der Waals surface area (Å²) in [6.07, 6.45) is 2.95. The maximum absolute atomic E-state index is 13.0. The molecule has 1 fully saturated rings. The molecule has 1 aliphatic carbocycles. The number of fused-ring (bicyclic) bond motifs is 1. The highest BCUT2D eigenvalue weighted by atomic mass is 32.2. The van der Waals surface area contributed by atoms with Gasteiger partial charge in [-0.05, 0) is 54.0 Å². The van der Waals surface area contributed by atoms with Gasteiger partial charge in [0, 0.05) is 33.2 Å². The number of rotatable bonds is 6. The molecule has 1 aliphatic heterocycles. The number of hydrogen-bond acceptors (Lipinski definition) is 6. The number of benzene rings is 1. The second-order valence-corrected chi connectivity index (χ2v) is 12.9. The molecule has 0 spiro atoms. The van der Waals surface area contributed by atoms with E-state index in [1.165, 1.54) is 27.9 Å². The SMILES string of the molecule is CN(CC(=O)N1CCN(S(=O)(=O)c2ccc3c(c2)CCC3)CC1)S(=O)(=O)c1cccs1. The zero-order chi connectivity index (χ0) is 22.2. The van der Waals surface area contributed by atoms with Crippen LogP contribution in [-0.4, -0.2) is 76.0 Å². The number of nitrogens with zero attached hydrogens (tertiary/aromatic N) is 3. The van der Waals surface area contributed by atoms with Crippen LogP contribution >= 0.6 is 11.3 Å². The maximum Gasteiger partial charge on any atom is 0.252 e. The highest BCUT2D eigenvalue weighted by Crippen LogP contribution is 2.27. The van der Waals surface area contributed by atoms with Crippen molar-refractivity contribution in [3.63, 3.8) is 0 Å². The molecule has 0 unspecified atom stereocenters. The Morgan fingerprint density at radius 2 is 1.74 bits per heavy atom. The fourth-order valence-corrected chi connectivity index (χ4v) is 7.77. The van der Waals surface area contributed by atoms with E-state index in [2.05, 4.69) is 0 Å². The van der Waals surface area contributed by atoms with Gasteiger partial charge in [-0.3, -0.25) is 4.79 Å². The molecule has 11 heteroatoms. The van der Waals surface area contributed by atoms with Crippen LogP contribution < -0.4 is 0 Å². The number of hydrogen-bond donors (Lipinski definition) is 0. The van der Waals surface area contributed by atoms with Crippen LogP contribution in [0, 0.1) is 0 Å². The standard InChI is InChI=1S/C20H25N3O5S3/c1-21(31(27,28)20-6-3-13-29-20)15-19(24)22-9-11-23(12-10-22)30(25,26)18-8-7-16-4-2-5-17(16)14-18/h3,6-8,13-14H,2,4-5,9-12,15H2,1H3. The molecule has 2 aliphatic rings. The van der Waals surface area contributed by atoms with Gasteiger partial charge in [0.1, 0.15) is 4.21 Å². The first kappa shape index (κ1) is 22.4. The van der Waals surface area contributed by atoms with Gasteiger partial charge in [-0.1, -0.05) is 12.1 Å². The molecule has 0 bridgehead atoms. The molecule has 4 rings (SSSR count). The lowest BCUT2D eigenvalue weighted by Crippen LogP contribution is -2.52. The number of piperazine rings is 1. The smallest absolute Gasteiger partial charge is 0.252 e. The highest BCUT2D eigenvalue weighted by molar-refractivity contribution is 7.91. The van der Waals surface area contributed by atoms with Crippen molar-refractivity contribution < 1.29 is 21.6 Å². The van der Waals surface area contributed by atoms with Crippen LogP contribution in [0.5, 0.6) is 0 Å². The number of likely N-dealkylation sites (N-methyl/N-ethyl adjacent to an activating group) is 1. The first-order valence-corrected chi connectivity index (χ1v) is 13.8. The number of amides is 1. The van der Waals surface area contributed by atoms with Crippen molar-refractivity contribution in [1.82, 2.24) is 13.5 Å². The molecule has 1 saturated heterocycles. The molecule has 2 heterocycles. The maximum atomic E-state index is 13.0. The molecule has 0 saturated carbocycles. The van der Waals surface area contributed by atoms with Crippen LogP contribution in [0.15, 0.2) is 44.8 Å². The van der Waals surface area contributed by atoms with Crippen LogP contribution in [0.1, 0.15) is 17.5 Å². The van der Waals surface area contributed by atoms with Gasteiger partial charge in [-0.2, -0.15) is 8.61 Å². The van der Waals surface area contributed by atoms with E-state index < -0.39 is 20.0 Å². The molecule has 168 valence electrons. The van der Waals surface area contributed by atoms with Crippen LogP contribution in [-0.2, 0) is 37.7 Å². The fourth-order valence-electron chi connectivity index (χ4n) is 3.97. The number of carbonyl (C=O) groups is 1. The third-order valence-corrected chi connectivity index (χ3v) is 10.9. The van der Waals surface area contributed by atoms with Crippen LogP contribution in [0.25, 0.3) is 0 Å². The molecular weight excluding hydrogens is 458 g/mol. The summed E-state index contributed by atoms with van der Waals surface area (Å²) in [7, 11) is -5.95. The third-order valence-electron chi connectivity index (χ3n) is 5.82. The average Bonchev–Trinajstić information content (AvgIpc) is 3.45. The lowest BCUT2D eigenvalue weighted by atomic mass is 10.1. The quantitative estimate of drug-likeness (QED) is 0.619. The molecule has 1 aromatic heterocycles. The Labute approximate surface area is 187 Å². The summed E-state index contributed by atoms with van der Waals surface area (Å²) in [5, 5.41) is 1.67. The largest absolute Gasteiger partial charge is 0.339 e. The number of sulfonamides is 2. The molecule has 1 amide bonds. The van der Waals surface area contributed by atoms with Crippen LogP contribution in [0.4, 0.5) is 0 Å². The van der Waals surface area contributed by atoms with E-state index in [0.717, 1.165) is 40.5 Å². The van der Waals surface area contributed by atoms with E-state index in [0.29, 0.717) is 4.90 Å². The normalized spacial score (nSPS) is 17.8. The zero-order valence-electron chi connectivity index (χ0n) is 17.2. The molecule has 0 radical (unpaired) electrons. The van der Waals surface area contributed by atoms with E-state index in [4.69, 9.17) is 0 Å². The van der Waals surface area contributed by atoms with Gasteiger partial charge in [-0.15, -0.1) is 11.3 Å². The lowest BCUT2D eigenvalue weighted by molar-refractivity contribution is -0.132. The minimum Gasteiger partial charge on any atom is -0.339 e. The first-order valence-electron chi connectivity index (χ1n) is 10.1. The number of carbonyl (C=O) groups excluding carboxylic acids is 1. The van der Waals surface area contributed by atoms with Gasteiger partial charge >= 0.3 is 0 Å². The van der Waals surface area contributed by atoms with E-state index in [1.807, 2.05) is 6.07 Å². The summed E-state index contributed by atoms with van der Waals surface area (Å²) in [5.74, 6) is -0.336. The minimum absolute atomic E-state index is 0.187. The molecule has 0 N–H and O–H groups in total. The summed E-state index contributed by atoms with van der Waals surface area (Å²) in [6.45, 7) is 0.558. The average molecular weight is 484 g/mol. The zero-order valence-corrected chi connectivity index (χ0v) is 19.7. The number of thiophene rings is 1. The van der Waals surface area contributed by atoms with E-state index in [9.17, 15) is 21.6 Å². The van der Waals surface area contributed by atoms with Crippen molar-refractivity contribution in [2.24, 2.45) is 0 Å². The topological polar surface area (TPSA) is 95.1 Å². The Bertz CT molecular complexity index is 1170. The van der Waals surface area contributed by atoms with E-state index in [1.54, 1.807) is 23.6 Å². The van der Waals surface area contributed by atoms with Crippen molar-refractivity contribution in [3.05, 3.63) is 46.8 Å². The molecule has 8 nitrogen and oxygen atoms in total. The van der Waals surface area contributed by atoms with Crippen molar-refractivity contribution in [2.75, 3.05) is 39.8 Å². The lowest BCUT2D eigenvalue weighted by Gasteiger charge is -2.34. The Balaban J connectivity index is 1.37. The summed E-state index contributed by atoms with van der Waals surface area (Å²) in [4.78, 5) is 14.5. The van der Waals surface area contributed by atoms with Crippen LogP contribution in [0.2, 0.25) is 0 Å². The Kier molecular flexibility index (Phi) is 6.23. The summed E-state index contributed by atoms with van der Waals surface area (Å²) in [6, 6.07) is 8.50. The van der Waals surface area contributed by atoms with Gasteiger partial charge in [0.05, 0.1) is 11.4 Å². The fraction of sp³-hybridized carbons (Fsp3) is 0.450. The van der Waals surface area contributed by atoms with Gasteiger partial charge < -0.3 is 4.90 Å². The van der Waals surface area contributed by atoms with Gasteiger partial charge in [-0.25, -0.2) is 16.8 Å². The molecule has 0 atom stereocenters. The van der Waals surface area contributed by atoms with Crippen molar-refractivity contribution in [1.29, 1.82) is 0 Å². The van der Waals surface area contributed by atoms with Crippen molar-refractivity contribution in [3.8, 4) is 0 Å². The Hall–Kier alpha value is -1.79. The Morgan fingerprint density at radius 1 is 1.03 bits per heavy atom. The molecule has 1 aromatic carbocycles. The number of aryl methyl sites for hydroxylation is 2. The van der Waals surface area contributed by atoms with Crippen molar-refractivity contribution >= 4 is 37.3 Å². The van der Waals surface area contributed by atoms with Gasteiger partial charge in [0.2, 0.25) is 15.9 Å². The summed E-state index contributed by atoms with van der Waals surface area (Å²) in [5.41, 5.74) is 2.32. The third kappa shape index (κ3) is 4.42. The van der Waals surface area contributed by atoms with Gasteiger partial charge in [0.25, 0.3) is 10.0 Å². The van der Waals surface area contributed by atoms with Crippen LogP contribution in [0.3, 0.4) is 0 Å². The van der Waals surface area contributed by atoms with Crippen molar-refractivity contribution in [2.45, 2.75) is 28.4 Å². The molecule has 2 aromatic rings.